The van der Waals surface area contributed by atoms with Crippen molar-refractivity contribution in [2.45, 2.75) is 96.3 Å². The Morgan fingerprint density at radius 2 is 1.35 bits per heavy atom. The van der Waals surface area contributed by atoms with Crippen LogP contribution in [0.25, 0.3) is 56.7 Å². The third kappa shape index (κ3) is 6.14. The van der Waals surface area contributed by atoms with Crippen molar-refractivity contribution in [3.63, 3.8) is 0 Å². The second-order valence-corrected chi connectivity index (χ2v) is 20.7. The summed E-state index contributed by atoms with van der Waals surface area (Å²) in [7, 11) is 0. The molecule has 4 aliphatic rings. The van der Waals surface area contributed by atoms with Crippen LogP contribution in [0.2, 0.25) is 0 Å². The topological polar surface area (TPSA) is 94.2 Å². The predicted molar refractivity (Wildman–Crippen MR) is 239 cm³/mol. The van der Waals surface area contributed by atoms with E-state index in [9.17, 15) is 15.8 Å². The summed E-state index contributed by atoms with van der Waals surface area (Å²) in [6.45, 7) is 13.0. The van der Waals surface area contributed by atoms with Crippen LogP contribution in [0.3, 0.4) is 0 Å². The van der Waals surface area contributed by atoms with E-state index in [1.807, 2.05) is 52.2 Å². The average Bonchev–Trinajstić information content (AvgIpc) is 4.10. The van der Waals surface area contributed by atoms with Crippen LogP contribution in [-0.4, -0.2) is 13.2 Å². The normalized spacial score (nSPS) is 17.9. The van der Waals surface area contributed by atoms with Gasteiger partial charge in [0, 0.05) is 30.2 Å². The highest BCUT2D eigenvalue weighted by Crippen LogP contribution is 2.72. The van der Waals surface area contributed by atoms with Gasteiger partial charge in [-0.15, -0.1) is 56.7 Å². The maximum atomic E-state index is 9.61. The number of rotatable bonds is 10. The number of nitrogens with zero attached hydrogens (tertiary/aromatic N) is 4. The van der Waals surface area contributed by atoms with E-state index in [1.165, 1.54) is 90.4 Å². The van der Waals surface area contributed by atoms with E-state index in [1.54, 1.807) is 51.5 Å². The molecule has 0 saturated heterocycles. The maximum absolute atomic E-state index is 9.61. The molecule has 0 aromatic carbocycles. The van der Waals surface area contributed by atoms with Crippen molar-refractivity contribution in [1.29, 1.82) is 15.8 Å². The number of thiophene rings is 5. The van der Waals surface area contributed by atoms with Crippen LogP contribution < -0.4 is 9.47 Å². The van der Waals surface area contributed by atoms with Gasteiger partial charge in [0.15, 0.2) is 0 Å². The van der Waals surface area contributed by atoms with Crippen molar-refractivity contribution in [3.05, 3.63) is 77.6 Å². The first-order valence-electron chi connectivity index (χ1n) is 19.9. The molecule has 0 amide bonds. The highest BCUT2D eigenvalue weighted by Gasteiger charge is 2.57. The molecule has 0 N–H and O–H groups in total. The van der Waals surface area contributed by atoms with E-state index in [-0.39, 0.29) is 22.1 Å². The van der Waals surface area contributed by atoms with E-state index in [0.29, 0.717) is 13.2 Å². The number of nitriles is 3. The van der Waals surface area contributed by atoms with Gasteiger partial charge in [-0.2, -0.15) is 10.5 Å². The smallest absolute Gasteiger partial charge is 0.263 e. The van der Waals surface area contributed by atoms with Crippen molar-refractivity contribution in [3.8, 4) is 39.5 Å². The van der Waals surface area contributed by atoms with Crippen LogP contribution in [0.5, 0.6) is 11.5 Å². The minimum absolute atomic E-state index is 0.00101. The first-order chi connectivity index (χ1) is 27.9. The third-order valence-corrected chi connectivity index (χ3v) is 18.3. The van der Waals surface area contributed by atoms with Crippen LogP contribution in [0, 0.1) is 46.0 Å². The Morgan fingerprint density at radius 1 is 0.719 bits per heavy atom. The maximum Gasteiger partial charge on any atom is 0.263 e. The lowest BCUT2D eigenvalue weighted by molar-refractivity contribution is 0.315. The van der Waals surface area contributed by atoms with Crippen molar-refractivity contribution in [2.75, 3.05) is 13.2 Å². The SMILES string of the molecule is [C-]#[N+]/C(C#N)=C\c1cc(OCCC)c(C2=CC3=C(c4sc5c(sc6cc(-c7sc(C=C(C#N)C#N)cc7OCCC)sc65)c4C34CCCCC4)C23CCCCC3)s1. The first kappa shape index (κ1) is 38.1. The molecule has 2 fully saturated rings. The van der Waals surface area contributed by atoms with Crippen LogP contribution in [0.15, 0.2) is 41.1 Å². The number of ether oxygens (including phenoxy) is 2. The predicted octanol–water partition coefficient (Wildman–Crippen LogP) is 14.8. The number of hydrogen-bond acceptors (Lipinski definition) is 10. The van der Waals surface area contributed by atoms with E-state index >= 15 is 0 Å². The molecule has 5 heterocycles. The minimum Gasteiger partial charge on any atom is -0.492 e. The minimum atomic E-state index is -0.0951. The van der Waals surface area contributed by atoms with E-state index < -0.39 is 0 Å². The summed E-state index contributed by atoms with van der Waals surface area (Å²) in [6, 6.07) is 12.4. The van der Waals surface area contributed by atoms with Crippen molar-refractivity contribution < 1.29 is 9.47 Å². The summed E-state index contributed by atoms with van der Waals surface area (Å²) in [6.07, 6.45) is 19.8. The molecule has 5 aromatic rings. The van der Waals surface area contributed by atoms with Gasteiger partial charge in [0.2, 0.25) is 0 Å². The van der Waals surface area contributed by atoms with Gasteiger partial charge >= 0.3 is 0 Å². The van der Waals surface area contributed by atoms with Gasteiger partial charge in [-0.3, -0.25) is 0 Å². The lowest BCUT2D eigenvalue weighted by Gasteiger charge is -2.39. The Bertz CT molecular complexity index is 2700. The van der Waals surface area contributed by atoms with Crippen molar-refractivity contribution in [2.24, 2.45) is 5.41 Å². The molecule has 11 heteroatoms. The molecular weight excluding hydrogens is 801 g/mol. The first-order valence-corrected chi connectivity index (χ1v) is 24.0. The molecule has 0 unspecified atom stereocenters. The van der Waals surface area contributed by atoms with Gasteiger partial charge in [-0.25, -0.2) is 10.1 Å². The summed E-state index contributed by atoms with van der Waals surface area (Å²) in [4.78, 5) is 10.1. The summed E-state index contributed by atoms with van der Waals surface area (Å²) in [5.41, 5.74) is 6.25. The van der Waals surface area contributed by atoms with Crippen LogP contribution >= 0.6 is 56.7 Å². The van der Waals surface area contributed by atoms with Crippen LogP contribution in [0.1, 0.15) is 116 Å². The number of fused-ring (bicyclic) bond motifs is 9. The number of allylic oxidation sites excluding steroid dienone is 6. The third-order valence-electron chi connectivity index (χ3n) is 12.0. The molecule has 2 saturated carbocycles. The molecular formula is C46H40N4O2S5. The Labute approximate surface area is 353 Å². The molecule has 4 aliphatic carbocycles. The number of hydrogen-bond donors (Lipinski definition) is 0. The molecule has 5 aromatic heterocycles. The van der Waals surface area contributed by atoms with Gasteiger partial charge in [0.25, 0.3) is 5.70 Å². The monoisotopic (exact) mass is 840 g/mol. The van der Waals surface area contributed by atoms with Gasteiger partial charge < -0.3 is 9.47 Å². The quantitative estimate of drug-likeness (QED) is 0.103. The zero-order chi connectivity index (χ0) is 39.3. The van der Waals surface area contributed by atoms with Crippen LogP contribution in [0.4, 0.5) is 0 Å². The lowest BCUT2D eigenvalue weighted by atomic mass is 9.66. The standard InChI is InChI=1S/C46H40N4O2S5/c1-4-16-51-33-21-30(19-28(26-49)50-3)53-39(33)32-22-31-37(46(32)14-10-7-11-15-46)42-38(45(31)12-8-6-9-13-45)43-44(57-42)41-36(56-43)23-35(55-41)40-34(52-17-5-2)20-29(54-40)18-27(24-47)25-48/h18-23H,4-17H2,1-2H3/b28-19-. The highest BCUT2D eigenvalue weighted by molar-refractivity contribution is 7.40. The summed E-state index contributed by atoms with van der Waals surface area (Å²) >= 11 is 9.11. The fourth-order valence-corrected chi connectivity index (χ4v) is 16.6. The Morgan fingerprint density at radius 3 is 1.98 bits per heavy atom. The molecule has 6 nitrogen and oxygen atoms in total. The van der Waals surface area contributed by atoms with E-state index in [4.69, 9.17) is 16.0 Å². The Balaban J connectivity index is 1.20. The molecule has 9 rings (SSSR count). The van der Waals surface area contributed by atoms with E-state index in [0.717, 1.165) is 51.8 Å². The molecule has 57 heavy (non-hydrogen) atoms. The molecule has 0 radical (unpaired) electrons. The summed E-state index contributed by atoms with van der Waals surface area (Å²) < 4.78 is 18.3. The van der Waals surface area contributed by atoms with Crippen molar-refractivity contribution in [1.82, 2.24) is 0 Å². The van der Waals surface area contributed by atoms with Gasteiger partial charge in [-0.1, -0.05) is 58.4 Å². The largest absolute Gasteiger partial charge is 0.492 e. The van der Waals surface area contributed by atoms with Crippen LogP contribution in [-0.2, 0) is 5.41 Å². The second kappa shape index (κ2) is 15.4. The van der Waals surface area contributed by atoms with E-state index in [2.05, 4.69) is 43.0 Å². The van der Waals surface area contributed by atoms with Gasteiger partial charge in [0.1, 0.15) is 29.2 Å². The zero-order valence-electron chi connectivity index (χ0n) is 32.0. The molecule has 0 bridgehead atoms. The summed E-state index contributed by atoms with van der Waals surface area (Å²) in [5, 5.41) is 28.5. The highest BCUT2D eigenvalue weighted by atomic mass is 32.1. The zero-order valence-corrected chi connectivity index (χ0v) is 36.1. The molecule has 0 atom stereocenters. The summed E-state index contributed by atoms with van der Waals surface area (Å²) in [5.74, 6) is 1.70. The van der Waals surface area contributed by atoms with Crippen molar-refractivity contribution >= 4 is 98.8 Å². The fourth-order valence-electron chi connectivity index (χ4n) is 9.72. The molecule has 286 valence electrons. The van der Waals surface area contributed by atoms with Gasteiger partial charge in [-0.05, 0) is 91.2 Å². The van der Waals surface area contributed by atoms with Gasteiger partial charge in [0.05, 0.1) is 54.6 Å². The lowest BCUT2D eigenvalue weighted by Crippen LogP contribution is -2.28. The molecule has 0 aliphatic heterocycles. The Kier molecular flexibility index (Phi) is 10.3. The average molecular weight is 841 g/mol. The Hall–Kier alpha value is -4.46. The second-order valence-electron chi connectivity index (χ2n) is 15.4. The molecule has 2 spiro atoms. The fraction of sp³-hybridized carbons (Fsp3) is 0.391.